The van der Waals surface area contributed by atoms with Crippen LogP contribution in [0.4, 0.5) is 0 Å². The highest BCUT2D eigenvalue weighted by Crippen LogP contribution is 2.37. The van der Waals surface area contributed by atoms with Crippen LogP contribution in [0.5, 0.6) is 0 Å². The SMILES string of the molecule is c1cc2c(s1)CCNC21COC1. The van der Waals surface area contributed by atoms with E-state index in [4.69, 9.17) is 4.74 Å². The van der Waals surface area contributed by atoms with Crippen molar-refractivity contribution in [3.05, 3.63) is 21.9 Å². The molecule has 1 spiro atoms. The van der Waals surface area contributed by atoms with Crippen LogP contribution in [-0.4, -0.2) is 19.8 Å². The molecule has 0 atom stereocenters. The predicted molar refractivity (Wildman–Crippen MR) is 48.5 cm³/mol. The van der Waals surface area contributed by atoms with Crippen LogP contribution in [0.1, 0.15) is 10.4 Å². The van der Waals surface area contributed by atoms with Crippen molar-refractivity contribution in [1.82, 2.24) is 5.32 Å². The lowest BCUT2D eigenvalue weighted by molar-refractivity contribution is -0.0810. The van der Waals surface area contributed by atoms with Gasteiger partial charge in [-0.1, -0.05) is 0 Å². The standard InChI is InChI=1S/C9H11NOS/c1-3-10-9(5-11-6-9)7-2-4-12-8(1)7/h2,4,10H,1,3,5-6H2. The van der Waals surface area contributed by atoms with Gasteiger partial charge in [0.25, 0.3) is 0 Å². The van der Waals surface area contributed by atoms with Crippen molar-refractivity contribution in [3.8, 4) is 0 Å². The minimum atomic E-state index is 0.202. The van der Waals surface area contributed by atoms with E-state index in [9.17, 15) is 0 Å². The van der Waals surface area contributed by atoms with Crippen molar-refractivity contribution >= 4 is 11.3 Å². The van der Waals surface area contributed by atoms with Crippen molar-refractivity contribution in [2.45, 2.75) is 12.0 Å². The first-order valence-corrected chi connectivity index (χ1v) is 5.18. The van der Waals surface area contributed by atoms with Gasteiger partial charge in [0.2, 0.25) is 0 Å². The Balaban J connectivity index is 2.09. The molecule has 0 saturated carbocycles. The van der Waals surface area contributed by atoms with Gasteiger partial charge in [0, 0.05) is 11.4 Å². The van der Waals surface area contributed by atoms with Crippen molar-refractivity contribution in [2.24, 2.45) is 0 Å². The van der Waals surface area contributed by atoms with Gasteiger partial charge in [-0.2, -0.15) is 0 Å². The van der Waals surface area contributed by atoms with Crippen molar-refractivity contribution in [1.29, 1.82) is 0 Å². The minimum Gasteiger partial charge on any atom is -0.377 e. The van der Waals surface area contributed by atoms with Crippen LogP contribution in [0.25, 0.3) is 0 Å². The normalized spacial score (nSPS) is 25.0. The molecule has 1 fully saturated rings. The Morgan fingerprint density at radius 3 is 3.17 bits per heavy atom. The molecule has 0 amide bonds. The molecule has 1 N–H and O–H groups in total. The predicted octanol–water partition coefficient (Wildman–Crippen LogP) is 1.12. The Kier molecular flexibility index (Phi) is 1.36. The number of fused-ring (bicyclic) bond motifs is 2. The van der Waals surface area contributed by atoms with E-state index >= 15 is 0 Å². The zero-order chi connectivity index (χ0) is 8.02. The molecule has 1 aromatic heterocycles. The van der Waals surface area contributed by atoms with Crippen molar-refractivity contribution < 1.29 is 4.74 Å². The average molecular weight is 181 g/mol. The van der Waals surface area contributed by atoms with Gasteiger partial charge in [-0.3, -0.25) is 0 Å². The molecule has 3 heteroatoms. The summed E-state index contributed by atoms with van der Waals surface area (Å²) >= 11 is 1.88. The molecule has 3 rings (SSSR count). The fraction of sp³-hybridized carbons (Fsp3) is 0.556. The summed E-state index contributed by atoms with van der Waals surface area (Å²) in [6, 6.07) is 2.24. The maximum Gasteiger partial charge on any atom is 0.0919 e. The molecule has 2 nitrogen and oxygen atoms in total. The average Bonchev–Trinajstić information content (AvgIpc) is 2.47. The van der Waals surface area contributed by atoms with Crippen LogP contribution in [0.15, 0.2) is 11.4 Å². The second-order valence-corrected chi connectivity index (χ2v) is 4.51. The van der Waals surface area contributed by atoms with E-state index in [1.54, 1.807) is 4.88 Å². The third-order valence-corrected chi connectivity index (χ3v) is 3.75. The summed E-state index contributed by atoms with van der Waals surface area (Å²) in [6.45, 7) is 2.82. The third kappa shape index (κ3) is 0.762. The number of ether oxygens (including phenoxy) is 1. The summed E-state index contributed by atoms with van der Waals surface area (Å²) in [5.74, 6) is 0. The van der Waals surface area contributed by atoms with E-state index < -0.39 is 0 Å². The van der Waals surface area contributed by atoms with Crippen LogP contribution < -0.4 is 5.32 Å². The first-order valence-electron chi connectivity index (χ1n) is 4.30. The number of rotatable bonds is 0. The first-order chi connectivity index (χ1) is 5.91. The van der Waals surface area contributed by atoms with Gasteiger partial charge in [-0.15, -0.1) is 11.3 Å². The Bertz CT molecular complexity index is 303. The van der Waals surface area contributed by atoms with Gasteiger partial charge < -0.3 is 10.1 Å². The number of hydrogen-bond acceptors (Lipinski definition) is 3. The summed E-state index contributed by atoms with van der Waals surface area (Å²) in [6.07, 6.45) is 1.19. The fourth-order valence-electron chi connectivity index (χ4n) is 2.03. The molecule has 1 aromatic rings. The highest BCUT2D eigenvalue weighted by molar-refractivity contribution is 7.10. The molecule has 0 unspecified atom stereocenters. The molecule has 0 aliphatic carbocycles. The van der Waals surface area contributed by atoms with Gasteiger partial charge in [0.15, 0.2) is 0 Å². The molecule has 0 aromatic carbocycles. The van der Waals surface area contributed by atoms with Gasteiger partial charge in [-0.05, 0) is 23.4 Å². The van der Waals surface area contributed by atoms with E-state index in [0.29, 0.717) is 0 Å². The third-order valence-electron chi connectivity index (χ3n) is 2.77. The zero-order valence-electron chi connectivity index (χ0n) is 6.80. The molecule has 0 bridgehead atoms. The second-order valence-electron chi connectivity index (χ2n) is 3.51. The van der Waals surface area contributed by atoms with E-state index in [2.05, 4.69) is 16.8 Å². The Labute approximate surface area is 75.5 Å². The monoisotopic (exact) mass is 181 g/mol. The molecule has 3 heterocycles. The van der Waals surface area contributed by atoms with E-state index in [1.165, 1.54) is 12.0 Å². The van der Waals surface area contributed by atoms with Crippen LogP contribution in [0.3, 0.4) is 0 Å². The van der Waals surface area contributed by atoms with Gasteiger partial charge in [0.1, 0.15) is 0 Å². The lowest BCUT2D eigenvalue weighted by Crippen LogP contribution is -2.59. The number of hydrogen-bond donors (Lipinski definition) is 1. The van der Waals surface area contributed by atoms with Crippen LogP contribution in [0.2, 0.25) is 0 Å². The Morgan fingerprint density at radius 1 is 1.50 bits per heavy atom. The summed E-state index contributed by atoms with van der Waals surface area (Å²) < 4.78 is 5.28. The highest BCUT2D eigenvalue weighted by Gasteiger charge is 2.43. The lowest BCUT2D eigenvalue weighted by Gasteiger charge is -2.45. The van der Waals surface area contributed by atoms with Crippen LogP contribution >= 0.6 is 11.3 Å². The molecule has 2 aliphatic heterocycles. The number of nitrogens with one attached hydrogen (secondary N) is 1. The van der Waals surface area contributed by atoms with Gasteiger partial charge in [-0.25, -0.2) is 0 Å². The smallest absolute Gasteiger partial charge is 0.0919 e. The maximum absolute atomic E-state index is 5.28. The molecule has 1 saturated heterocycles. The molecular weight excluding hydrogens is 170 g/mol. The first kappa shape index (κ1) is 7.06. The largest absolute Gasteiger partial charge is 0.377 e. The molecule has 0 radical (unpaired) electrons. The van der Waals surface area contributed by atoms with E-state index in [0.717, 1.165) is 19.8 Å². The van der Waals surface area contributed by atoms with Crippen LogP contribution in [0, 0.1) is 0 Å². The second kappa shape index (κ2) is 2.31. The van der Waals surface area contributed by atoms with Gasteiger partial charge in [0.05, 0.1) is 18.8 Å². The lowest BCUT2D eigenvalue weighted by atomic mass is 9.85. The fourth-order valence-corrected chi connectivity index (χ4v) is 3.01. The van der Waals surface area contributed by atoms with E-state index in [1.807, 2.05) is 11.3 Å². The molecular formula is C9H11NOS. The Morgan fingerprint density at radius 2 is 2.42 bits per heavy atom. The summed E-state index contributed by atoms with van der Waals surface area (Å²) in [5, 5.41) is 5.75. The van der Waals surface area contributed by atoms with E-state index in [-0.39, 0.29) is 5.54 Å². The number of thiophene rings is 1. The maximum atomic E-state index is 5.28. The summed E-state index contributed by atoms with van der Waals surface area (Å²) in [5.41, 5.74) is 1.69. The molecule has 2 aliphatic rings. The zero-order valence-corrected chi connectivity index (χ0v) is 7.62. The van der Waals surface area contributed by atoms with Crippen LogP contribution in [-0.2, 0) is 16.7 Å². The summed E-state index contributed by atoms with van der Waals surface area (Å²) in [4.78, 5) is 1.55. The topological polar surface area (TPSA) is 21.3 Å². The molecule has 64 valence electrons. The highest BCUT2D eigenvalue weighted by atomic mass is 32.1. The van der Waals surface area contributed by atoms with Gasteiger partial charge >= 0.3 is 0 Å². The minimum absolute atomic E-state index is 0.202. The quantitative estimate of drug-likeness (QED) is 0.647. The van der Waals surface area contributed by atoms with Crippen molar-refractivity contribution in [3.63, 3.8) is 0 Å². The summed E-state index contributed by atoms with van der Waals surface area (Å²) in [7, 11) is 0. The van der Waals surface area contributed by atoms with Crippen molar-refractivity contribution in [2.75, 3.05) is 19.8 Å². The Hall–Kier alpha value is -0.380. The molecule has 12 heavy (non-hydrogen) atoms.